The monoisotopic (exact) mass is 341 g/mol. The van der Waals surface area contributed by atoms with Crippen LogP contribution >= 0.6 is 0 Å². The molecule has 0 radical (unpaired) electrons. The van der Waals surface area contributed by atoms with Gasteiger partial charge in [-0.15, -0.1) is 0 Å². The molecule has 0 bridgehead atoms. The predicted octanol–water partition coefficient (Wildman–Crippen LogP) is 4.40. The van der Waals surface area contributed by atoms with Crippen molar-refractivity contribution >= 4 is 5.97 Å². The van der Waals surface area contributed by atoms with Crippen molar-refractivity contribution in [1.29, 1.82) is 0 Å². The molecule has 1 aliphatic carbocycles. The molecule has 1 aliphatic heterocycles. The van der Waals surface area contributed by atoms with Crippen LogP contribution in [0.2, 0.25) is 0 Å². The van der Waals surface area contributed by atoms with Gasteiger partial charge >= 0.3 is 5.97 Å². The molecule has 3 heteroatoms. The number of rotatable bonds is 6. The molecular formula is C22H31NO2. The van der Waals surface area contributed by atoms with Crippen molar-refractivity contribution in [2.75, 3.05) is 19.7 Å². The van der Waals surface area contributed by atoms with E-state index in [9.17, 15) is 4.79 Å². The number of ether oxygens (including phenoxy) is 1. The maximum absolute atomic E-state index is 12.9. The molecule has 1 heterocycles. The topological polar surface area (TPSA) is 29.5 Å². The first-order valence-electron chi connectivity index (χ1n) is 9.79. The van der Waals surface area contributed by atoms with Crippen LogP contribution in [0.15, 0.2) is 42.5 Å². The highest BCUT2D eigenvalue weighted by Gasteiger charge is 2.31. The molecule has 0 aromatic heterocycles. The maximum atomic E-state index is 12.9. The molecule has 0 N–H and O–H groups in total. The molecule has 3 nitrogen and oxygen atoms in total. The first-order chi connectivity index (χ1) is 12.2. The number of esters is 1. The summed E-state index contributed by atoms with van der Waals surface area (Å²) in [5.74, 6) is 0.754. The van der Waals surface area contributed by atoms with E-state index >= 15 is 0 Å². The predicted molar refractivity (Wildman–Crippen MR) is 101 cm³/mol. The molecule has 1 aromatic rings. The van der Waals surface area contributed by atoms with Gasteiger partial charge in [0.25, 0.3) is 0 Å². The fourth-order valence-corrected chi connectivity index (χ4v) is 4.18. The minimum absolute atomic E-state index is 0.0670. The molecule has 3 rings (SSSR count). The zero-order valence-electron chi connectivity index (χ0n) is 15.6. The zero-order valence-corrected chi connectivity index (χ0v) is 15.6. The number of benzene rings is 1. The first kappa shape index (κ1) is 18.2. The summed E-state index contributed by atoms with van der Waals surface area (Å²) in [6.45, 7) is 7.04. The minimum Gasteiger partial charge on any atom is -0.464 e. The zero-order chi connectivity index (χ0) is 17.6. The van der Waals surface area contributed by atoms with E-state index in [0.717, 1.165) is 43.8 Å². The van der Waals surface area contributed by atoms with Crippen molar-refractivity contribution in [3.63, 3.8) is 0 Å². The Bertz CT molecular complexity index is 583. The van der Waals surface area contributed by atoms with Gasteiger partial charge in [-0.25, -0.2) is 0 Å². The van der Waals surface area contributed by atoms with Gasteiger partial charge in [-0.3, -0.25) is 9.69 Å². The molecule has 25 heavy (non-hydrogen) atoms. The third-order valence-electron chi connectivity index (χ3n) is 6.03. The van der Waals surface area contributed by atoms with E-state index < -0.39 is 0 Å². The third-order valence-corrected chi connectivity index (χ3v) is 6.03. The summed E-state index contributed by atoms with van der Waals surface area (Å²) in [6, 6.07) is 10.7. The van der Waals surface area contributed by atoms with Crippen molar-refractivity contribution in [2.45, 2.75) is 51.5 Å². The van der Waals surface area contributed by atoms with Crippen molar-refractivity contribution in [3.8, 4) is 0 Å². The summed E-state index contributed by atoms with van der Waals surface area (Å²) in [7, 11) is 0. The van der Waals surface area contributed by atoms with Gasteiger partial charge in [-0.2, -0.15) is 0 Å². The van der Waals surface area contributed by atoms with Crippen LogP contribution < -0.4 is 0 Å². The quantitative estimate of drug-likeness (QED) is 0.567. The number of likely N-dealkylation sites (tertiary alicyclic amines) is 1. The lowest BCUT2D eigenvalue weighted by molar-refractivity contribution is -0.147. The van der Waals surface area contributed by atoms with Crippen molar-refractivity contribution in [1.82, 2.24) is 4.90 Å². The SMILES string of the molecule is C[C@@H]1CCN(CCOC(=O)[C@@H](c2ccccc2)[C@H]2C=CCCC2)[C@@H]1C. The first-order valence-corrected chi connectivity index (χ1v) is 9.79. The fourth-order valence-electron chi connectivity index (χ4n) is 4.18. The standard InChI is InChI=1S/C22H31NO2/c1-17-13-14-23(18(17)2)15-16-25-22(24)21(19-9-5-3-6-10-19)20-11-7-4-8-12-20/h3,5-7,9-11,17-18,20-21H,4,8,12-16H2,1-2H3/t17-,18-,20+,21+/m1/s1. The lowest BCUT2D eigenvalue weighted by Gasteiger charge is -2.27. The fraction of sp³-hybridized carbons (Fsp3) is 0.591. The minimum atomic E-state index is -0.173. The number of allylic oxidation sites excluding steroid dienone is 2. The Morgan fingerprint density at radius 3 is 2.68 bits per heavy atom. The van der Waals surface area contributed by atoms with E-state index in [1.165, 1.54) is 6.42 Å². The molecular weight excluding hydrogens is 310 g/mol. The van der Waals surface area contributed by atoms with Crippen LogP contribution in [0.1, 0.15) is 51.0 Å². The van der Waals surface area contributed by atoms with E-state index in [0.29, 0.717) is 12.6 Å². The number of hydrogen-bond donors (Lipinski definition) is 0. The highest BCUT2D eigenvalue weighted by Crippen LogP contribution is 2.33. The summed E-state index contributed by atoms with van der Waals surface area (Å²) in [6.07, 6.45) is 9.01. The summed E-state index contributed by atoms with van der Waals surface area (Å²) in [5, 5.41) is 0. The Morgan fingerprint density at radius 1 is 1.24 bits per heavy atom. The average molecular weight is 341 g/mol. The number of hydrogen-bond acceptors (Lipinski definition) is 3. The maximum Gasteiger partial charge on any atom is 0.314 e. The summed E-state index contributed by atoms with van der Waals surface area (Å²) >= 11 is 0. The Hall–Kier alpha value is -1.61. The van der Waals surface area contributed by atoms with Crippen LogP contribution in [0.25, 0.3) is 0 Å². The summed E-state index contributed by atoms with van der Waals surface area (Å²) in [5.41, 5.74) is 1.08. The van der Waals surface area contributed by atoms with Crippen LogP contribution in [-0.4, -0.2) is 36.6 Å². The molecule has 1 aromatic carbocycles. The Morgan fingerprint density at radius 2 is 2.04 bits per heavy atom. The molecule has 1 fully saturated rings. The van der Waals surface area contributed by atoms with Crippen LogP contribution in [-0.2, 0) is 9.53 Å². The van der Waals surface area contributed by atoms with Crippen molar-refractivity contribution in [2.24, 2.45) is 11.8 Å². The average Bonchev–Trinajstić information content (AvgIpc) is 2.96. The second-order valence-corrected chi connectivity index (χ2v) is 7.62. The van der Waals surface area contributed by atoms with Crippen LogP contribution in [0.4, 0.5) is 0 Å². The van der Waals surface area contributed by atoms with Gasteiger partial charge in [0.05, 0.1) is 5.92 Å². The molecule has 0 unspecified atom stereocenters. The van der Waals surface area contributed by atoms with E-state index in [4.69, 9.17) is 4.74 Å². The lowest BCUT2D eigenvalue weighted by atomic mass is 9.80. The van der Waals surface area contributed by atoms with E-state index in [1.807, 2.05) is 18.2 Å². The summed E-state index contributed by atoms with van der Waals surface area (Å²) < 4.78 is 5.74. The van der Waals surface area contributed by atoms with Crippen LogP contribution in [0, 0.1) is 11.8 Å². The molecule has 0 saturated carbocycles. The molecule has 4 atom stereocenters. The van der Waals surface area contributed by atoms with E-state index in [1.54, 1.807) is 0 Å². The third kappa shape index (κ3) is 4.52. The van der Waals surface area contributed by atoms with Gasteiger partial charge < -0.3 is 4.74 Å². The smallest absolute Gasteiger partial charge is 0.314 e. The van der Waals surface area contributed by atoms with Crippen LogP contribution in [0.3, 0.4) is 0 Å². The summed E-state index contributed by atoms with van der Waals surface area (Å²) in [4.78, 5) is 15.3. The van der Waals surface area contributed by atoms with Crippen molar-refractivity contribution < 1.29 is 9.53 Å². The number of nitrogens with zero attached hydrogens (tertiary/aromatic N) is 1. The second kappa shape index (κ2) is 8.66. The second-order valence-electron chi connectivity index (χ2n) is 7.62. The van der Waals surface area contributed by atoms with Crippen molar-refractivity contribution in [3.05, 3.63) is 48.0 Å². The molecule has 136 valence electrons. The largest absolute Gasteiger partial charge is 0.464 e. The molecule has 1 saturated heterocycles. The molecule has 0 amide bonds. The van der Waals surface area contributed by atoms with E-state index in [-0.39, 0.29) is 17.8 Å². The van der Waals surface area contributed by atoms with Gasteiger partial charge in [0.15, 0.2) is 0 Å². The Balaban J connectivity index is 1.61. The van der Waals surface area contributed by atoms with E-state index in [2.05, 4.69) is 43.0 Å². The van der Waals surface area contributed by atoms with Crippen LogP contribution in [0.5, 0.6) is 0 Å². The van der Waals surface area contributed by atoms with Gasteiger partial charge in [0.1, 0.15) is 6.61 Å². The number of carbonyl (C=O) groups excluding carboxylic acids is 1. The van der Waals surface area contributed by atoms with Gasteiger partial charge in [0, 0.05) is 12.6 Å². The molecule has 0 spiro atoms. The highest BCUT2D eigenvalue weighted by atomic mass is 16.5. The Labute approximate surface area is 152 Å². The van der Waals surface area contributed by atoms with Gasteiger partial charge in [-0.1, -0.05) is 49.4 Å². The number of carbonyl (C=O) groups is 1. The Kier molecular flexibility index (Phi) is 6.30. The normalized spacial score (nSPS) is 28.0. The lowest BCUT2D eigenvalue weighted by Crippen LogP contribution is -2.34. The molecule has 2 aliphatic rings. The van der Waals surface area contributed by atoms with Gasteiger partial charge in [0.2, 0.25) is 0 Å². The highest BCUT2D eigenvalue weighted by molar-refractivity contribution is 5.79. The van der Waals surface area contributed by atoms with Gasteiger partial charge in [-0.05, 0) is 56.6 Å².